The Labute approximate surface area is 90.3 Å². The van der Waals surface area contributed by atoms with Gasteiger partial charge in [0.2, 0.25) is 0 Å². The van der Waals surface area contributed by atoms with E-state index in [2.05, 4.69) is 15.3 Å². The lowest BCUT2D eigenvalue weighted by atomic mass is 10.1. The van der Waals surface area contributed by atoms with Crippen molar-refractivity contribution in [3.05, 3.63) is 29.3 Å². The van der Waals surface area contributed by atoms with E-state index in [-0.39, 0.29) is 0 Å². The minimum Gasteiger partial charge on any atom is -0.323 e. The van der Waals surface area contributed by atoms with E-state index < -0.39 is 0 Å². The molecule has 3 nitrogen and oxygen atoms in total. The zero-order valence-electron chi connectivity index (χ0n) is 6.76. The second kappa shape index (κ2) is 4.84. The number of nitrogens with two attached hydrogens (primary N) is 1. The van der Waals surface area contributed by atoms with Crippen molar-refractivity contribution in [1.82, 2.24) is 0 Å². The quantitative estimate of drug-likeness (QED) is 0.255. The van der Waals surface area contributed by atoms with E-state index in [0.29, 0.717) is 0 Å². The summed E-state index contributed by atoms with van der Waals surface area (Å²) in [6.45, 7) is 0. The molecule has 1 aromatic carbocycles. The van der Waals surface area contributed by atoms with Gasteiger partial charge in [-0.05, 0) is 22.1 Å². The number of hydrogen-bond donors (Lipinski definition) is 3. The fourth-order valence-corrected chi connectivity index (χ4v) is 1.26. The van der Waals surface area contributed by atoms with Gasteiger partial charge >= 0.3 is 0 Å². The van der Waals surface area contributed by atoms with E-state index in [1.54, 1.807) is 6.07 Å². The van der Waals surface area contributed by atoms with Crippen molar-refractivity contribution in [2.75, 3.05) is 5.43 Å². The molecular weight excluding hydrogens is 277 g/mol. The molecule has 0 fully saturated rings. The first-order valence-electron chi connectivity index (χ1n) is 3.54. The number of nitrogens with one attached hydrogen (secondary N) is 2. The smallest absolute Gasteiger partial charge is 0.0573 e. The normalized spacial score (nSPS) is 8.46. The van der Waals surface area contributed by atoms with Crippen LogP contribution >= 0.6 is 22.6 Å². The van der Waals surface area contributed by atoms with Crippen LogP contribution in [0.15, 0.2) is 18.2 Å². The molecular formula is C9H8IN3. The summed E-state index contributed by atoms with van der Waals surface area (Å²) in [6.07, 6.45) is 1.24. The number of hydrazine groups is 1. The van der Waals surface area contributed by atoms with Crippen LogP contribution in [0.2, 0.25) is 0 Å². The third-order valence-electron chi connectivity index (χ3n) is 1.55. The van der Waals surface area contributed by atoms with E-state index in [4.69, 9.17) is 11.3 Å². The maximum atomic E-state index is 7.15. The standard InChI is InChI=1S/C9H8IN3/c10-4-3-7-1-2-9(13-12)8(5-7)6-11/h1-2,5-6,11,13H,12H2. The van der Waals surface area contributed by atoms with Crippen LogP contribution in [-0.4, -0.2) is 6.21 Å². The van der Waals surface area contributed by atoms with E-state index >= 15 is 0 Å². The number of anilines is 1. The summed E-state index contributed by atoms with van der Waals surface area (Å²) in [4.78, 5) is 0. The Morgan fingerprint density at radius 2 is 2.31 bits per heavy atom. The van der Waals surface area contributed by atoms with Gasteiger partial charge in [0, 0.05) is 39.9 Å². The fraction of sp³-hybridized carbons (Fsp3) is 0. The van der Waals surface area contributed by atoms with Crippen molar-refractivity contribution in [2.24, 2.45) is 5.84 Å². The fourth-order valence-electron chi connectivity index (χ4n) is 0.946. The van der Waals surface area contributed by atoms with Gasteiger partial charge in [0.1, 0.15) is 0 Å². The first kappa shape index (κ1) is 10.0. The van der Waals surface area contributed by atoms with Gasteiger partial charge in [-0.3, -0.25) is 5.84 Å². The van der Waals surface area contributed by atoms with Gasteiger partial charge in [-0.1, -0.05) is 5.92 Å². The highest BCUT2D eigenvalue weighted by atomic mass is 127. The van der Waals surface area contributed by atoms with Gasteiger partial charge < -0.3 is 10.8 Å². The topological polar surface area (TPSA) is 61.9 Å². The Hall–Kier alpha value is -1.06. The van der Waals surface area contributed by atoms with E-state index in [1.807, 2.05) is 34.7 Å². The average Bonchev–Trinajstić information content (AvgIpc) is 2.18. The number of halogens is 1. The Bertz CT molecular complexity index is 376. The maximum absolute atomic E-state index is 7.15. The minimum absolute atomic E-state index is 0.731. The molecule has 0 heterocycles. The van der Waals surface area contributed by atoms with Crippen molar-refractivity contribution < 1.29 is 0 Å². The van der Waals surface area contributed by atoms with Crippen LogP contribution in [0.5, 0.6) is 0 Å². The minimum atomic E-state index is 0.731. The maximum Gasteiger partial charge on any atom is 0.0573 e. The molecule has 4 N–H and O–H groups in total. The van der Waals surface area contributed by atoms with Gasteiger partial charge in [-0.15, -0.1) is 0 Å². The molecule has 0 aliphatic rings. The lowest BCUT2D eigenvalue weighted by molar-refractivity contribution is 1.34. The van der Waals surface area contributed by atoms with Gasteiger partial charge in [0.25, 0.3) is 0 Å². The summed E-state index contributed by atoms with van der Waals surface area (Å²) >= 11 is 1.97. The second-order valence-electron chi connectivity index (χ2n) is 2.31. The predicted octanol–water partition coefficient (Wildman–Crippen LogP) is 1.71. The van der Waals surface area contributed by atoms with Crippen LogP contribution in [0, 0.1) is 15.3 Å². The van der Waals surface area contributed by atoms with Gasteiger partial charge in [-0.25, -0.2) is 0 Å². The molecule has 0 aromatic heterocycles. The molecule has 1 rings (SSSR count). The molecule has 0 amide bonds. The molecule has 4 heteroatoms. The Balaban J connectivity index is 3.17. The summed E-state index contributed by atoms with van der Waals surface area (Å²) in [5, 5.41) is 7.15. The molecule has 0 saturated carbocycles. The van der Waals surface area contributed by atoms with Crippen LogP contribution in [0.25, 0.3) is 0 Å². The van der Waals surface area contributed by atoms with Crippen molar-refractivity contribution in [3.8, 4) is 9.85 Å². The van der Waals surface area contributed by atoms with E-state index in [9.17, 15) is 0 Å². The highest BCUT2D eigenvalue weighted by Gasteiger charge is 1.98. The van der Waals surface area contributed by atoms with Crippen LogP contribution < -0.4 is 11.3 Å². The number of nitrogen functional groups attached to an aromatic ring is 1. The molecule has 0 bridgehead atoms. The molecule has 1 aromatic rings. The van der Waals surface area contributed by atoms with Crippen molar-refractivity contribution >= 4 is 34.5 Å². The van der Waals surface area contributed by atoms with E-state index in [0.717, 1.165) is 16.8 Å². The van der Waals surface area contributed by atoms with Gasteiger partial charge in [-0.2, -0.15) is 0 Å². The molecule has 0 aliphatic carbocycles. The molecule has 13 heavy (non-hydrogen) atoms. The number of rotatable bonds is 2. The lowest BCUT2D eigenvalue weighted by Crippen LogP contribution is -2.08. The highest BCUT2D eigenvalue weighted by Crippen LogP contribution is 2.13. The summed E-state index contributed by atoms with van der Waals surface area (Å²) < 4.78 is 2.77. The largest absolute Gasteiger partial charge is 0.323 e. The SMILES string of the molecule is N=Cc1cc(C#CI)ccc1NN. The van der Waals surface area contributed by atoms with Crippen molar-refractivity contribution in [2.45, 2.75) is 0 Å². The van der Waals surface area contributed by atoms with Crippen LogP contribution in [0.4, 0.5) is 5.69 Å². The second-order valence-corrected chi connectivity index (χ2v) is 2.85. The molecule has 0 atom stereocenters. The third-order valence-corrected chi connectivity index (χ3v) is 1.82. The number of benzene rings is 1. The van der Waals surface area contributed by atoms with E-state index in [1.165, 1.54) is 6.21 Å². The molecule has 0 radical (unpaired) electrons. The van der Waals surface area contributed by atoms with Crippen LogP contribution in [-0.2, 0) is 0 Å². The Morgan fingerprint density at radius 3 is 2.85 bits per heavy atom. The monoisotopic (exact) mass is 285 g/mol. The summed E-state index contributed by atoms with van der Waals surface area (Å²) in [6, 6.07) is 5.47. The van der Waals surface area contributed by atoms with Crippen molar-refractivity contribution in [1.29, 1.82) is 5.41 Å². The first-order chi connectivity index (χ1) is 6.31. The highest BCUT2D eigenvalue weighted by molar-refractivity contribution is 14.1. The van der Waals surface area contributed by atoms with Crippen LogP contribution in [0.1, 0.15) is 11.1 Å². The number of hydrogen-bond acceptors (Lipinski definition) is 3. The molecule has 0 aliphatic heterocycles. The molecule has 0 unspecified atom stereocenters. The van der Waals surface area contributed by atoms with Crippen molar-refractivity contribution in [3.63, 3.8) is 0 Å². The van der Waals surface area contributed by atoms with Crippen LogP contribution in [0.3, 0.4) is 0 Å². The zero-order chi connectivity index (χ0) is 9.68. The lowest BCUT2D eigenvalue weighted by Gasteiger charge is -2.03. The Kier molecular flexibility index (Phi) is 3.73. The zero-order valence-corrected chi connectivity index (χ0v) is 8.92. The van der Waals surface area contributed by atoms with Gasteiger partial charge in [0.15, 0.2) is 0 Å². The molecule has 0 saturated heterocycles. The predicted molar refractivity (Wildman–Crippen MR) is 63.0 cm³/mol. The summed E-state index contributed by atoms with van der Waals surface area (Å²) in [7, 11) is 0. The summed E-state index contributed by atoms with van der Waals surface area (Å²) in [5.41, 5.74) is 4.86. The van der Waals surface area contributed by atoms with Gasteiger partial charge in [0.05, 0.1) is 5.69 Å². The molecule has 0 spiro atoms. The third kappa shape index (κ3) is 2.44. The Morgan fingerprint density at radius 1 is 1.54 bits per heavy atom. The first-order valence-corrected chi connectivity index (χ1v) is 4.62. The average molecular weight is 285 g/mol. The summed E-state index contributed by atoms with van der Waals surface area (Å²) in [5.74, 6) is 8.16. The molecule has 66 valence electrons.